The molecule has 0 radical (unpaired) electrons. The number of ether oxygens (including phenoxy) is 1. The van der Waals surface area contributed by atoms with E-state index in [1.807, 2.05) is 57.2 Å². The highest BCUT2D eigenvalue weighted by molar-refractivity contribution is 9.10. The maximum atomic E-state index is 11.7. The van der Waals surface area contributed by atoms with Crippen molar-refractivity contribution in [1.29, 1.82) is 0 Å². The zero-order valence-corrected chi connectivity index (χ0v) is 14.7. The zero-order chi connectivity index (χ0) is 16.1. The van der Waals surface area contributed by atoms with E-state index in [-0.39, 0.29) is 5.91 Å². The summed E-state index contributed by atoms with van der Waals surface area (Å²) in [6.07, 6.45) is 0.456. The van der Waals surface area contributed by atoms with Crippen molar-refractivity contribution >= 4 is 27.5 Å². The molecule has 3 nitrogen and oxygen atoms in total. The van der Waals surface area contributed by atoms with Crippen LogP contribution in [0.3, 0.4) is 0 Å². The minimum Gasteiger partial charge on any atom is -0.488 e. The fraction of sp³-hybridized carbons (Fsp3) is 0.278. The van der Waals surface area contributed by atoms with Gasteiger partial charge < -0.3 is 10.1 Å². The third kappa shape index (κ3) is 4.10. The molecule has 0 aliphatic rings. The standard InChI is InChI=1S/C18H20BrNO2/c1-4-18(21)20-16-7-5-6-13(3)14(16)11-22-17-9-8-12(2)10-15(17)19/h5-10H,4,11H2,1-3H3,(H,20,21). The summed E-state index contributed by atoms with van der Waals surface area (Å²) < 4.78 is 6.85. The molecular formula is C18H20BrNO2. The number of hydrogen-bond acceptors (Lipinski definition) is 2. The van der Waals surface area contributed by atoms with E-state index in [0.29, 0.717) is 13.0 Å². The van der Waals surface area contributed by atoms with Gasteiger partial charge in [-0.2, -0.15) is 0 Å². The zero-order valence-electron chi connectivity index (χ0n) is 13.1. The van der Waals surface area contributed by atoms with Crippen molar-refractivity contribution in [3.8, 4) is 5.75 Å². The molecule has 0 aliphatic heterocycles. The van der Waals surface area contributed by atoms with E-state index in [0.717, 1.165) is 27.0 Å². The molecule has 0 atom stereocenters. The average molecular weight is 362 g/mol. The predicted octanol–water partition coefficient (Wildman–Crippen LogP) is 4.99. The first kappa shape index (κ1) is 16.6. The number of carbonyl (C=O) groups excluding carboxylic acids is 1. The van der Waals surface area contributed by atoms with Crippen molar-refractivity contribution in [3.63, 3.8) is 0 Å². The van der Waals surface area contributed by atoms with Gasteiger partial charge in [0.15, 0.2) is 0 Å². The van der Waals surface area contributed by atoms with E-state index < -0.39 is 0 Å². The topological polar surface area (TPSA) is 38.3 Å². The minimum atomic E-state index is 0.00312. The van der Waals surface area contributed by atoms with Gasteiger partial charge in [0.05, 0.1) is 4.47 Å². The molecule has 116 valence electrons. The molecule has 2 rings (SSSR count). The summed E-state index contributed by atoms with van der Waals surface area (Å²) in [5, 5.41) is 2.93. The first-order valence-electron chi connectivity index (χ1n) is 7.28. The van der Waals surface area contributed by atoms with Crippen LogP contribution in [0.5, 0.6) is 5.75 Å². The molecule has 4 heteroatoms. The second-order valence-electron chi connectivity index (χ2n) is 5.23. The third-order valence-electron chi connectivity index (χ3n) is 3.46. The largest absolute Gasteiger partial charge is 0.488 e. The van der Waals surface area contributed by atoms with Crippen molar-refractivity contribution in [3.05, 3.63) is 57.6 Å². The van der Waals surface area contributed by atoms with E-state index in [2.05, 4.69) is 21.2 Å². The molecule has 0 aromatic heterocycles. The first-order valence-corrected chi connectivity index (χ1v) is 8.08. The van der Waals surface area contributed by atoms with Crippen LogP contribution in [-0.4, -0.2) is 5.91 Å². The van der Waals surface area contributed by atoms with Gasteiger partial charge in [0, 0.05) is 17.7 Å². The lowest BCUT2D eigenvalue weighted by Crippen LogP contribution is -2.13. The van der Waals surface area contributed by atoms with Crippen LogP contribution in [0, 0.1) is 13.8 Å². The Hall–Kier alpha value is -1.81. The Bertz CT molecular complexity index is 683. The van der Waals surface area contributed by atoms with Gasteiger partial charge in [-0.05, 0) is 59.1 Å². The van der Waals surface area contributed by atoms with Gasteiger partial charge in [0.2, 0.25) is 5.91 Å². The third-order valence-corrected chi connectivity index (χ3v) is 4.08. The summed E-state index contributed by atoms with van der Waals surface area (Å²) in [5.41, 5.74) is 4.08. The number of hydrogen-bond donors (Lipinski definition) is 1. The lowest BCUT2D eigenvalue weighted by molar-refractivity contribution is -0.115. The highest BCUT2D eigenvalue weighted by Crippen LogP contribution is 2.28. The first-order chi connectivity index (χ1) is 10.5. The molecular weight excluding hydrogens is 342 g/mol. The van der Waals surface area contributed by atoms with Crippen LogP contribution in [0.1, 0.15) is 30.0 Å². The van der Waals surface area contributed by atoms with E-state index in [9.17, 15) is 4.79 Å². The summed E-state index contributed by atoms with van der Waals surface area (Å²) in [6.45, 7) is 6.30. The van der Waals surface area contributed by atoms with E-state index >= 15 is 0 Å². The van der Waals surface area contributed by atoms with Crippen LogP contribution in [0.15, 0.2) is 40.9 Å². The van der Waals surface area contributed by atoms with Crippen molar-refractivity contribution < 1.29 is 9.53 Å². The molecule has 0 bridgehead atoms. The summed E-state index contributed by atoms with van der Waals surface area (Å²) in [4.78, 5) is 11.7. The number of benzene rings is 2. The Morgan fingerprint density at radius 1 is 1.23 bits per heavy atom. The molecule has 0 fully saturated rings. The van der Waals surface area contributed by atoms with Crippen LogP contribution < -0.4 is 10.1 Å². The molecule has 0 spiro atoms. The van der Waals surface area contributed by atoms with Gasteiger partial charge in [0.1, 0.15) is 12.4 Å². The molecule has 0 saturated carbocycles. The van der Waals surface area contributed by atoms with E-state index in [1.165, 1.54) is 5.56 Å². The summed E-state index contributed by atoms with van der Waals surface area (Å²) >= 11 is 3.51. The molecule has 0 saturated heterocycles. The average Bonchev–Trinajstić information content (AvgIpc) is 2.48. The lowest BCUT2D eigenvalue weighted by atomic mass is 10.1. The number of halogens is 1. The van der Waals surface area contributed by atoms with Crippen LogP contribution in [0.2, 0.25) is 0 Å². The molecule has 2 aromatic rings. The molecule has 1 N–H and O–H groups in total. The molecule has 1 amide bonds. The van der Waals surface area contributed by atoms with E-state index in [1.54, 1.807) is 0 Å². The summed E-state index contributed by atoms with van der Waals surface area (Å²) in [6, 6.07) is 11.8. The second kappa shape index (κ2) is 7.45. The van der Waals surface area contributed by atoms with Crippen LogP contribution in [0.25, 0.3) is 0 Å². The van der Waals surface area contributed by atoms with Gasteiger partial charge in [-0.3, -0.25) is 4.79 Å². The van der Waals surface area contributed by atoms with Crippen molar-refractivity contribution in [2.75, 3.05) is 5.32 Å². The fourth-order valence-electron chi connectivity index (χ4n) is 2.12. The Morgan fingerprint density at radius 3 is 2.68 bits per heavy atom. The minimum absolute atomic E-state index is 0.00312. The normalized spacial score (nSPS) is 10.4. The van der Waals surface area contributed by atoms with Gasteiger partial charge >= 0.3 is 0 Å². The number of carbonyl (C=O) groups is 1. The van der Waals surface area contributed by atoms with Crippen LogP contribution in [-0.2, 0) is 11.4 Å². The second-order valence-corrected chi connectivity index (χ2v) is 6.08. The molecule has 0 heterocycles. The summed E-state index contributed by atoms with van der Waals surface area (Å²) in [7, 11) is 0. The Morgan fingerprint density at radius 2 is 2.00 bits per heavy atom. The van der Waals surface area contributed by atoms with Gasteiger partial charge in [0.25, 0.3) is 0 Å². The lowest BCUT2D eigenvalue weighted by Gasteiger charge is -2.15. The van der Waals surface area contributed by atoms with Crippen LogP contribution in [0.4, 0.5) is 5.69 Å². The fourth-order valence-corrected chi connectivity index (χ4v) is 2.73. The molecule has 22 heavy (non-hydrogen) atoms. The van der Waals surface area contributed by atoms with Gasteiger partial charge in [-0.25, -0.2) is 0 Å². The number of nitrogens with one attached hydrogen (secondary N) is 1. The summed E-state index contributed by atoms with van der Waals surface area (Å²) in [5.74, 6) is 0.796. The van der Waals surface area contributed by atoms with Gasteiger partial charge in [-0.1, -0.05) is 25.1 Å². The smallest absolute Gasteiger partial charge is 0.224 e. The van der Waals surface area contributed by atoms with Gasteiger partial charge in [-0.15, -0.1) is 0 Å². The number of anilines is 1. The quantitative estimate of drug-likeness (QED) is 0.814. The van der Waals surface area contributed by atoms with Crippen molar-refractivity contribution in [1.82, 2.24) is 0 Å². The maximum Gasteiger partial charge on any atom is 0.224 e. The maximum absolute atomic E-state index is 11.7. The van der Waals surface area contributed by atoms with Crippen LogP contribution >= 0.6 is 15.9 Å². The molecule has 2 aromatic carbocycles. The SMILES string of the molecule is CCC(=O)Nc1cccc(C)c1COc1ccc(C)cc1Br. The Balaban J connectivity index is 2.19. The van der Waals surface area contributed by atoms with Crippen molar-refractivity contribution in [2.24, 2.45) is 0 Å². The number of rotatable bonds is 5. The number of aryl methyl sites for hydroxylation is 2. The Kier molecular flexibility index (Phi) is 5.61. The highest BCUT2D eigenvalue weighted by atomic mass is 79.9. The molecule has 0 unspecified atom stereocenters. The van der Waals surface area contributed by atoms with E-state index in [4.69, 9.17) is 4.74 Å². The molecule has 0 aliphatic carbocycles. The monoisotopic (exact) mass is 361 g/mol. The van der Waals surface area contributed by atoms with Crippen molar-refractivity contribution in [2.45, 2.75) is 33.8 Å². The Labute approximate surface area is 139 Å². The number of amides is 1. The predicted molar refractivity (Wildman–Crippen MR) is 93.3 cm³/mol. The highest BCUT2D eigenvalue weighted by Gasteiger charge is 2.10.